The van der Waals surface area contributed by atoms with Gasteiger partial charge in [0.1, 0.15) is 11.9 Å². The number of carbonyl (C=O) groups is 2. The number of hydrogen-bond acceptors (Lipinski definition) is 6. The summed E-state index contributed by atoms with van der Waals surface area (Å²) in [5, 5.41) is 7.06. The molecule has 182 valence electrons. The Morgan fingerprint density at radius 3 is 2.39 bits per heavy atom. The minimum Gasteiger partial charge on any atom is -0.468 e. The molecular formula is C28H26N4O4. The van der Waals surface area contributed by atoms with Gasteiger partial charge < -0.3 is 9.47 Å². The second-order valence-electron chi connectivity index (χ2n) is 8.76. The Kier molecular flexibility index (Phi) is 6.25. The molecule has 0 spiro atoms. The van der Waals surface area contributed by atoms with Crippen molar-refractivity contribution in [2.45, 2.75) is 31.3 Å². The standard InChI is InChI=1S/C28H26N4O4/c1-19(20-6-4-3-5-7-20)36-27(34)31-25-14-17-30-32(25)23-12-13-24(29-18-23)21-8-10-22(11-9-21)28(15-16-28)26(33)35-2/h3-14,17-19H,15-16H2,1-2H3,(H,31,34). The minimum absolute atomic E-state index is 0.181. The van der Waals surface area contributed by atoms with Crippen LogP contribution < -0.4 is 5.32 Å². The first-order chi connectivity index (χ1) is 17.5. The quantitative estimate of drug-likeness (QED) is 0.352. The Bertz CT molecular complexity index is 1360. The molecule has 5 rings (SSSR count). The average molecular weight is 483 g/mol. The summed E-state index contributed by atoms with van der Waals surface area (Å²) in [6, 6.07) is 22.8. The van der Waals surface area contributed by atoms with Crippen molar-refractivity contribution in [1.29, 1.82) is 0 Å². The molecule has 1 unspecified atom stereocenters. The van der Waals surface area contributed by atoms with Crippen molar-refractivity contribution in [3.8, 4) is 16.9 Å². The molecule has 0 aliphatic heterocycles. The van der Waals surface area contributed by atoms with Crippen molar-refractivity contribution in [2.75, 3.05) is 12.4 Å². The molecule has 4 aromatic rings. The fourth-order valence-electron chi connectivity index (χ4n) is 4.26. The number of methoxy groups -OCH3 is 1. The fraction of sp³-hybridized carbons (Fsp3) is 0.214. The van der Waals surface area contributed by atoms with Gasteiger partial charge in [-0.25, -0.2) is 9.48 Å². The molecule has 8 nitrogen and oxygen atoms in total. The molecule has 1 N–H and O–H groups in total. The fourth-order valence-corrected chi connectivity index (χ4v) is 4.26. The number of nitrogens with zero attached hydrogens (tertiary/aromatic N) is 3. The van der Waals surface area contributed by atoms with Crippen LogP contribution in [0.5, 0.6) is 0 Å². The molecule has 2 heterocycles. The highest BCUT2D eigenvalue weighted by molar-refractivity contribution is 5.87. The van der Waals surface area contributed by atoms with Gasteiger partial charge in [0, 0.05) is 11.6 Å². The molecule has 2 aromatic heterocycles. The van der Waals surface area contributed by atoms with Crippen LogP contribution in [0, 0.1) is 0 Å². The normalized spacial score (nSPS) is 14.5. The van der Waals surface area contributed by atoms with Gasteiger partial charge in [-0.15, -0.1) is 0 Å². The number of nitrogens with one attached hydrogen (secondary N) is 1. The molecule has 1 fully saturated rings. The van der Waals surface area contributed by atoms with E-state index in [4.69, 9.17) is 9.47 Å². The Balaban J connectivity index is 1.27. The highest BCUT2D eigenvalue weighted by Crippen LogP contribution is 2.49. The summed E-state index contributed by atoms with van der Waals surface area (Å²) >= 11 is 0. The summed E-state index contributed by atoms with van der Waals surface area (Å²) in [5.41, 5.74) is 3.79. The molecule has 0 bridgehead atoms. The van der Waals surface area contributed by atoms with Gasteiger partial charge in [-0.05, 0) is 43.0 Å². The van der Waals surface area contributed by atoms with Crippen LogP contribution >= 0.6 is 0 Å². The van der Waals surface area contributed by atoms with Crippen molar-refractivity contribution in [3.63, 3.8) is 0 Å². The van der Waals surface area contributed by atoms with Crippen LogP contribution in [0.4, 0.5) is 10.6 Å². The Morgan fingerprint density at radius 1 is 1.00 bits per heavy atom. The lowest BCUT2D eigenvalue weighted by atomic mass is 9.94. The molecule has 1 atom stereocenters. The molecule has 1 aliphatic rings. The number of amides is 1. The van der Waals surface area contributed by atoms with Gasteiger partial charge in [0.15, 0.2) is 0 Å². The van der Waals surface area contributed by atoms with Crippen molar-refractivity contribution in [2.24, 2.45) is 0 Å². The van der Waals surface area contributed by atoms with Crippen molar-refractivity contribution in [1.82, 2.24) is 14.8 Å². The highest BCUT2D eigenvalue weighted by atomic mass is 16.6. The van der Waals surface area contributed by atoms with E-state index in [1.165, 1.54) is 7.11 Å². The van der Waals surface area contributed by atoms with Crippen molar-refractivity contribution < 1.29 is 19.1 Å². The van der Waals surface area contributed by atoms with Crippen LogP contribution in [0.2, 0.25) is 0 Å². The second kappa shape index (κ2) is 9.65. The monoisotopic (exact) mass is 482 g/mol. The Labute approximate surface area is 208 Å². The van der Waals surface area contributed by atoms with E-state index in [1.807, 2.05) is 73.7 Å². The highest BCUT2D eigenvalue weighted by Gasteiger charge is 2.52. The van der Waals surface area contributed by atoms with Crippen LogP contribution in [0.15, 0.2) is 85.2 Å². The lowest BCUT2D eigenvalue weighted by Crippen LogP contribution is -2.21. The van der Waals surface area contributed by atoms with Gasteiger partial charge in [-0.2, -0.15) is 5.10 Å². The molecule has 36 heavy (non-hydrogen) atoms. The number of pyridine rings is 1. The van der Waals surface area contributed by atoms with E-state index in [0.29, 0.717) is 11.5 Å². The van der Waals surface area contributed by atoms with Crippen LogP contribution in [-0.2, 0) is 19.7 Å². The number of carbonyl (C=O) groups excluding carboxylic acids is 2. The van der Waals surface area contributed by atoms with Gasteiger partial charge in [-0.1, -0.05) is 54.6 Å². The number of hydrogen-bond donors (Lipinski definition) is 1. The Hall–Kier alpha value is -4.46. The number of esters is 1. The number of ether oxygens (including phenoxy) is 2. The molecule has 8 heteroatoms. The molecular weight excluding hydrogens is 456 g/mol. The van der Waals surface area contributed by atoms with Crippen molar-refractivity contribution >= 4 is 17.9 Å². The molecule has 1 aliphatic carbocycles. The van der Waals surface area contributed by atoms with Gasteiger partial charge in [0.05, 0.1) is 36.3 Å². The van der Waals surface area contributed by atoms with Crippen LogP contribution in [-0.4, -0.2) is 33.9 Å². The van der Waals surface area contributed by atoms with E-state index >= 15 is 0 Å². The van der Waals surface area contributed by atoms with E-state index in [9.17, 15) is 9.59 Å². The predicted octanol–water partition coefficient (Wildman–Crippen LogP) is 5.45. The molecule has 2 aromatic carbocycles. The molecule has 1 amide bonds. The maximum Gasteiger partial charge on any atom is 0.413 e. The number of benzene rings is 2. The molecule has 0 radical (unpaired) electrons. The summed E-state index contributed by atoms with van der Waals surface area (Å²) in [7, 11) is 1.43. The SMILES string of the molecule is COC(=O)C1(c2ccc(-c3ccc(-n4nccc4NC(=O)OC(C)c4ccccc4)cn3)cc2)CC1. The van der Waals surface area contributed by atoms with Crippen LogP contribution in [0.1, 0.15) is 37.0 Å². The summed E-state index contributed by atoms with van der Waals surface area (Å²) in [6.45, 7) is 1.82. The predicted molar refractivity (Wildman–Crippen MR) is 135 cm³/mol. The molecule has 0 saturated heterocycles. The first kappa shape index (κ1) is 23.3. The number of rotatable bonds is 7. The summed E-state index contributed by atoms with van der Waals surface area (Å²) in [6.07, 6.45) is 3.94. The maximum atomic E-state index is 12.5. The van der Waals surface area contributed by atoms with E-state index in [1.54, 1.807) is 23.1 Å². The third kappa shape index (κ3) is 4.57. The minimum atomic E-state index is -0.571. The van der Waals surface area contributed by atoms with Gasteiger partial charge in [0.25, 0.3) is 0 Å². The number of anilines is 1. The zero-order valence-corrected chi connectivity index (χ0v) is 20.0. The average Bonchev–Trinajstić information content (AvgIpc) is 3.61. The zero-order chi connectivity index (χ0) is 25.1. The Morgan fingerprint density at radius 2 is 1.75 bits per heavy atom. The van der Waals surface area contributed by atoms with E-state index in [2.05, 4.69) is 15.4 Å². The topological polar surface area (TPSA) is 95.3 Å². The first-order valence-corrected chi connectivity index (χ1v) is 11.7. The van der Waals surface area contributed by atoms with Gasteiger partial charge in [-0.3, -0.25) is 15.1 Å². The smallest absolute Gasteiger partial charge is 0.413 e. The van der Waals surface area contributed by atoms with E-state index < -0.39 is 17.6 Å². The summed E-state index contributed by atoms with van der Waals surface area (Å²) < 4.78 is 12.1. The summed E-state index contributed by atoms with van der Waals surface area (Å²) in [4.78, 5) is 29.2. The third-order valence-corrected chi connectivity index (χ3v) is 6.48. The second-order valence-corrected chi connectivity index (χ2v) is 8.76. The van der Waals surface area contributed by atoms with Crippen LogP contribution in [0.3, 0.4) is 0 Å². The lowest BCUT2D eigenvalue weighted by molar-refractivity contribution is -0.143. The third-order valence-electron chi connectivity index (χ3n) is 6.48. The number of aromatic nitrogens is 3. The largest absolute Gasteiger partial charge is 0.468 e. The summed E-state index contributed by atoms with van der Waals surface area (Å²) in [5.74, 6) is 0.288. The first-order valence-electron chi connectivity index (χ1n) is 11.7. The van der Waals surface area contributed by atoms with E-state index in [-0.39, 0.29) is 5.97 Å². The lowest BCUT2D eigenvalue weighted by Gasteiger charge is -2.15. The van der Waals surface area contributed by atoms with E-state index in [0.717, 1.165) is 35.2 Å². The van der Waals surface area contributed by atoms with Crippen molar-refractivity contribution in [3.05, 3.63) is 96.3 Å². The zero-order valence-electron chi connectivity index (χ0n) is 20.0. The van der Waals surface area contributed by atoms with Crippen LogP contribution in [0.25, 0.3) is 16.9 Å². The van der Waals surface area contributed by atoms with Gasteiger partial charge >= 0.3 is 12.1 Å². The van der Waals surface area contributed by atoms with Gasteiger partial charge in [0.2, 0.25) is 0 Å². The molecule has 1 saturated carbocycles. The maximum absolute atomic E-state index is 12.5.